The predicted octanol–water partition coefficient (Wildman–Crippen LogP) is 1.56. The Kier molecular flexibility index (Phi) is 2.25. The van der Waals surface area contributed by atoms with Gasteiger partial charge in [-0.3, -0.25) is 4.79 Å². The summed E-state index contributed by atoms with van der Waals surface area (Å²) in [6.07, 6.45) is 0. The minimum Gasteiger partial charge on any atom is -0.452 e. The number of ether oxygens (including phenoxy) is 1. The second-order valence-electron chi connectivity index (χ2n) is 2.79. The van der Waals surface area contributed by atoms with E-state index in [0.717, 1.165) is 0 Å². The van der Waals surface area contributed by atoms with E-state index in [4.69, 9.17) is 4.74 Å². The Morgan fingerprint density at radius 1 is 1.36 bits per heavy atom. The number of rotatable bonds is 0. The molecule has 0 bridgehead atoms. The van der Waals surface area contributed by atoms with Crippen LogP contribution in [0.2, 0.25) is 0 Å². The van der Waals surface area contributed by atoms with Gasteiger partial charge < -0.3 is 10.1 Å². The molecule has 1 aromatic rings. The van der Waals surface area contributed by atoms with Gasteiger partial charge in [0.1, 0.15) is 0 Å². The molecule has 0 aromatic heterocycles. The maximum absolute atomic E-state index is 11.4. The van der Waals surface area contributed by atoms with E-state index >= 15 is 0 Å². The third-order valence-electron chi connectivity index (χ3n) is 1.83. The van der Waals surface area contributed by atoms with Crippen molar-refractivity contribution in [2.45, 2.75) is 0 Å². The average Bonchev–Trinajstić information content (AvgIpc) is 2.27. The summed E-state index contributed by atoms with van der Waals surface area (Å²) in [6.45, 7) is -0.236. The van der Waals surface area contributed by atoms with Crippen LogP contribution in [0.3, 0.4) is 0 Å². The van der Waals surface area contributed by atoms with Crippen LogP contribution in [-0.4, -0.2) is 18.5 Å². The van der Waals surface area contributed by atoms with Gasteiger partial charge in [0.2, 0.25) is 0 Å². The molecule has 1 N–H and O–H groups in total. The SMILES string of the molecule is O=C1COC(=O)c2c(Br)cccc2N1. The van der Waals surface area contributed by atoms with E-state index in [9.17, 15) is 9.59 Å². The highest BCUT2D eigenvalue weighted by molar-refractivity contribution is 9.10. The fourth-order valence-corrected chi connectivity index (χ4v) is 1.75. The summed E-state index contributed by atoms with van der Waals surface area (Å²) >= 11 is 3.22. The van der Waals surface area contributed by atoms with Crippen molar-refractivity contribution in [3.63, 3.8) is 0 Å². The van der Waals surface area contributed by atoms with Crippen molar-refractivity contribution < 1.29 is 14.3 Å². The van der Waals surface area contributed by atoms with Gasteiger partial charge >= 0.3 is 5.97 Å². The zero-order chi connectivity index (χ0) is 10.1. The molecule has 0 aliphatic carbocycles. The molecule has 1 aliphatic heterocycles. The molecule has 1 heterocycles. The normalized spacial score (nSPS) is 15.2. The van der Waals surface area contributed by atoms with Crippen LogP contribution in [-0.2, 0) is 9.53 Å². The topological polar surface area (TPSA) is 55.4 Å². The Hall–Kier alpha value is -1.36. The van der Waals surface area contributed by atoms with Crippen molar-refractivity contribution in [3.8, 4) is 0 Å². The zero-order valence-corrected chi connectivity index (χ0v) is 8.63. The van der Waals surface area contributed by atoms with Crippen molar-refractivity contribution in [3.05, 3.63) is 28.2 Å². The van der Waals surface area contributed by atoms with Gasteiger partial charge in [0.25, 0.3) is 5.91 Å². The van der Waals surface area contributed by atoms with Crippen molar-refractivity contribution in [1.29, 1.82) is 0 Å². The number of fused-ring (bicyclic) bond motifs is 1. The first-order valence-electron chi connectivity index (χ1n) is 3.94. The van der Waals surface area contributed by atoms with Crippen molar-refractivity contribution in [2.75, 3.05) is 11.9 Å². The second-order valence-corrected chi connectivity index (χ2v) is 3.64. The van der Waals surface area contributed by atoms with E-state index < -0.39 is 5.97 Å². The van der Waals surface area contributed by atoms with Crippen LogP contribution >= 0.6 is 15.9 Å². The summed E-state index contributed by atoms with van der Waals surface area (Å²) in [5, 5.41) is 2.58. The highest BCUT2D eigenvalue weighted by Crippen LogP contribution is 2.26. The molecule has 72 valence electrons. The molecule has 0 radical (unpaired) electrons. The molecule has 2 rings (SSSR count). The van der Waals surface area contributed by atoms with Crippen LogP contribution < -0.4 is 5.32 Å². The van der Waals surface area contributed by atoms with Gasteiger partial charge in [-0.05, 0) is 28.1 Å². The lowest BCUT2D eigenvalue weighted by Gasteiger charge is -2.04. The van der Waals surface area contributed by atoms with E-state index in [1.807, 2.05) is 0 Å². The molecule has 0 saturated heterocycles. The van der Waals surface area contributed by atoms with Gasteiger partial charge in [0.15, 0.2) is 6.61 Å². The molecular formula is C9H6BrNO3. The van der Waals surface area contributed by atoms with Gasteiger partial charge in [-0.2, -0.15) is 0 Å². The number of carbonyl (C=O) groups is 2. The molecule has 0 fully saturated rings. The van der Waals surface area contributed by atoms with E-state index in [0.29, 0.717) is 15.7 Å². The predicted molar refractivity (Wildman–Crippen MR) is 53.1 cm³/mol. The molecule has 0 unspecified atom stereocenters. The number of hydrogen-bond acceptors (Lipinski definition) is 3. The van der Waals surface area contributed by atoms with E-state index in [-0.39, 0.29) is 12.5 Å². The van der Waals surface area contributed by atoms with E-state index in [1.165, 1.54) is 0 Å². The number of amides is 1. The Bertz CT molecular complexity index is 417. The second kappa shape index (κ2) is 3.42. The summed E-state index contributed by atoms with van der Waals surface area (Å²) in [6, 6.07) is 5.12. The molecule has 4 nitrogen and oxygen atoms in total. The fraction of sp³-hybridized carbons (Fsp3) is 0.111. The Labute approximate surface area is 88.4 Å². The van der Waals surface area contributed by atoms with Gasteiger partial charge in [0, 0.05) is 4.47 Å². The first-order chi connectivity index (χ1) is 6.68. The fourth-order valence-electron chi connectivity index (χ4n) is 1.23. The number of benzene rings is 1. The van der Waals surface area contributed by atoms with Crippen LogP contribution in [0.4, 0.5) is 5.69 Å². The molecule has 14 heavy (non-hydrogen) atoms. The third kappa shape index (κ3) is 1.50. The molecular weight excluding hydrogens is 250 g/mol. The van der Waals surface area contributed by atoms with Crippen LogP contribution in [0.5, 0.6) is 0 Å². The highest BCUT2D eigenvalue weighted by atomic mass is 79.9. The number of cyclic esters (lactones) is 1. The summed E-state index contributed by atoms with van der Waals surface area (Å²) in [5.74, 6) is -0.818. The quantitative estimate of drug-likeness (QED) is 0.716. The largest absolute Gasteiger partial charge is 0.452 e. The maximum Gasteiger partial charge on any atom is 0.341 e. The number of esters is 1. The minimum absolute atomic E-state index is 0.236. The molecule has 1 aliphatic rings. The first kappa shape index (κ1) is 9.21. The lowest BCUT2D eigenvalue weighted by atomic mass is 10.2. The van der Waals surface area contributed by atoms with Crippen molar-refractivity contribution in [1.82, 2.24) is 0 Å². The van der Waals surface area contributed by atoms with Crippen LogP contribution in [0.1, 0.15) is 10.4 Å². The lowest BCUT2D eigenvalue weighted by molar-refractivity contribution is -0.119. The molecule has 0 saturated carbocycles. The summed E-state index contributed by atoms with van der Waals surface area (Å²) in [4.78, 5) is 22.5. The van der Waals surface area contributed by atoms with Crippen LogP contribution in [0.15, 0.2) is 22.7 Å². The monoisotopic (exact) mass is 255 g/mol. The molecule has 1 aromatic carbocycles. The van der Waals surface area contributed by atoms with E-state index in [1.54, 1.807) is 18.2 Å². The van der Waals surface area contributed by atoms with Crippen LogP contribution in [0, 0.1) is 0 Å². The van der Waals surface area contributed by atoms with Crippen molar-refractivity contribution in [2.24, 2.45) is 0 Å². The third-order valence-corrected chi connectivity index (χ3v) is 2.49. The Morgan fingerprint density at radius 2 is 2.14 bits per heavy atom. The van der Waals surface area contributed by atoms with Gasteiger partial charge in [-0.25, -0.2) is 4.79 Å². The standard InChI is InChI=1S/C9H6BrNO3/c10-5-2-1-3-6-8(5)9(13)14-4-7(12)11-6/h1-3H,4H2,(H,11,12). The molecule has 0 spiro atoms. The van der Waals surface area contributed by atoms with Gasteiger partial charge in [-0.15, -0.1) is 0 Å². The summed E-state index contributed by atoms with van der Waals surface area (Å²) in [5.41, 5.74) is 0.838. The van der Waals surface area contributed by atoms with Gasteiger partial charge in [-0.1, -0.05) is 6.07 Å². The highest BCUT2D eigenvalue weighted by Gasteiger charge is 2.22. The van der Waals surface area contributed by atoms with Crippen molar-refractivity contribution >= 4 is 33.5 Å². The molecule has 1 amide bonds. The van der Waals surface area contributed by atoms with Gasteiger partial charge in [0.05, 0.1) is 11.3 Å². The number of carbonyl (C=O) groups excluding carboxylic acids is 2. The number of anilines is 1. The number of hydrogen-bond donors (Lipinski definition) is 1. The molecule has 5 heteroatoms. The minimum atomic E-state index is -0.495. The summed E-state index contributed by atoms with van der Waals surface area (Å²) < 4.78 is 5.35. The number of nitrogens with one attached hydrogen (secondary N) is 1. The van der Waals surface area contributed by atoms with Crippen LogP contribution in [0.25, 0.3) is 0 Å². The smallest absolute Gasteiger partial charge is 0.341 e. The Morgan fingerprint density at radius 3 is 2.93 bits per heavy atom. The Balaban J connectivity index is 2.57. The zero-order valence-electron chi connectivity index (χ0n) is 7.04. The average molecular weight is 256 g/mol. The maximum atomic E-state index is 11.4. The number of halogens is 1. The molecule has 0 atom stereocenters. The first-order valence-corrected chi connectivity index (χ1v) is 4.73. The van der Waals surface area contributed by atoms with E-state index in [2.05, 4.69) is 21.2 Å². The summed E-state index contributed by atoms with van der Waals surface area (Å²) in [7, 11) is 0. The lowest BCUT2D eigenvalue weighted by Crippen LogP contribution is -2.15.